The number of hydrogen-bond acceptors (Lipinski definition) is 3. The second kappa shape index (κ2) is 6.29. The Labute approximate surface area is 123 Å². The summed E-state index contributed by atoms with van der Waals surface area (Å²) >= 11 is 3.07. The average molecular weight is 336 g/mol. The maximum Gasteiger partial charge on any atom is 0.271 e. The molecule has 3 N–H and O–H groups in total. The van der Waals surface area contributed by atoms with Gasteiger partial charge in [0.15, 0.2) is 0 Å². The van der Waals surface area contributed by atoms with Crippen LogP contribution >= 0.6 is 15.9 Å². The number of carbonyl (C=O) groups is 1. The van der Waals surface area contributed by atoms with Crippen LogP contribution in [0.25, 0.3) is 0 Å². The monoisotopic (exact) mass is 335 g/mol. The number of nitrogens with one attached hydrogen (secondary N) is 1. The van der Waals surface area contributed by atoms with E-state index in [9.17, 15) is 9.18 Å². The number of anilines is 1. The van der Waals surface area contributed by atoms with Crippen molar-refractivity contribution in [2.24, 2.45) is 5.10 Å². The first kappa shape index (κ1) is 14.2. The summed E-state index contributed by atoms with van der Waals surface area (Å²) in [6.45, 7) is 0. The van der Waals surface area contributed by atoms with Gasteiger partial charge in [-0.1, -0.05) is 6.07 Å². The van der Waals surface area contributed by atoms with E-state index in [1.807, 2.05) is 0 Å². The van der Waals surface area contributed by atoms with Crippen LogP contribution in [0.5, 0.6) is 0 Å². The zero-order valence-corrected chi connectivity index (χ0v) is 11.9. The topological polar surface area (TPSA) is 67.5 Å². The van der Waals surface area contributed by atoms with Crippen LogP contribution in [0.2, 0.25) is 0 Å². The third kappa shape index (κ3) is 3.64. The Balaban J connectivity index is 2.00. The van der Waals surface area contributed by atoms with Gasteiger partial charge in [0.1, 0.15) is 5.82 Å². The van der Waals surface area contributed by atoms with Gasteiger partial charge in [0.2, 0.25) is 0 Å². The lowest BCUT2D eigenvalue weighted by Gasteiger charge is -2.00. The first-order chi connectivity index (χ1) is 9.56. The molecule has 102 valence electrons. The molecule has 0 aliphatic rings. The van der Waals surface area contributed by atoms with E-state index in [0.717, 1.165) is 0 Å². The van der Waals surface area contributed by atoms with Crippen molar-refractivity contribution in [2.45, 2.75) is 0 Å². The summed E-state index contributed by atoms with van der Waals surface area (Å²) in [4.78, 5) is 11.7. The van der Waals surface area contributed by atoms with Gasteiger partial charge in [0.05, 0.1) is 10.7 Å². The lowest BCUT2D eigenvalue weighted by molar-refractivity contribution is 0.0955. The number of amides is 1. The normalized spacial score (nSPS) is 10.7. The minimum absolute atomic E-state index is 0.339. The van der Waals surface area contributed by atoms with Crippen molar-refractivity contribution in [3.05, 3.63) is 63.9 Å². The molecule has 0 aromatic heterocycles. The molecule has 1 amide bonds. The molecule has 2 aromatic carbocycles. The van der Waals surface area contributed by atoms with Crippen molar-refractivity contribution in [1.29, 1.82) is 0 Å². The van der Waals surface area contributed by atoms with Crippen molar-refractivity contribution < 1.29 is 9.18 Å². The van der Waals surface area contributed by atoms with Crippen LogP contribution in [-0.4, -0.2) is 12.1 Å². The van der Waals surface area contributed by atoms with Gasteiger partial charge in [-0.15, -0.1) is 0 Å². The Bertz CT molecular complexity index is 656. The predicted molar refractivity (Wildman–Crippen MR) is 80.0 cm³/mol. The summed E-state index contributed by atoms with van der Waals surface area (Å²) in [6.07, 6.45) is 1.43. The Hall–Kier alpha value is -2.21. The first-order valence-electron chi connectivity index (χ1n) is 5.70. The fraction of sp³-hybridized carbons (Fsp3) is 0. The molecule has 0 aliphatic carbocycles. The van der Waals surface area contributed by atoms with Crippen LogP contribution in [0.3, 0.4) is 0 Å². The molecule has 0 saturated carbocycles. The molecule has 0 heterocycles. The van der Waals surface area contributed by atoms with Gasteiger partial charge < -0.3 is 5.73 Å². The summed E-state index contributed by atoms with van der Waals surface area (Å²) in [5.74, 6) is -0.699. The molecule has 0 fully saturated rings. The highest BCUT2D eigenvalue weighted by Crippen LogP contribution is 2.15. The van der Waals surface area contributed by atoms with Gasteiger partial charge in [0, 0.05) is 11.3 Å². The van der Waals surface area contributed by atoms with Crippen LogP contribution in [0.15, 0.2) is 52.0 Å². The summed E-state index contributed by atoms with van der Waals surface area (Å²) in [7, 11) is 0. The van der Waals surface area contributed by atoms with Gasteiger partial charge >= 0.3 is 0 Å². The predicted octanol–water partition coefficient (Wildman–Crippen LogP) is 2.93. The summed E-state index contributed by atoms with van der Waals surface area (Å²) < 4.78 is 13.4. The van der Waals surface area contributed by atoms with Crippen molar-refractivity contribution in [3.8, 4) is 0 Å². The van der Waals surface area contributed by atoms with E-state index in [2.05, 4.69) is 26.5 Å². The average Bonchev–Trinajstić information content (AvgIpc) is 2.43. The van der Waals surface area contributed by atoms with Gasteiger partial charge in [-0.3, -0.25) is 4.79 Å². The molecule has 0 bridgehead atoms. The van der Waals surface area contributed by atoms with Crippen LogP contribution in [-0.2, 0) is 0 Å². The molecule has 0 unspecified atom stereocenters. The minimum Gasteiger partial charge on any atom is -0.399 e. The molecule has 20 heavy (non-hydrogen) atoms. The Morgan fingerprint density at radius 2 is 1.95 bits per heavy atom. The summed E-state index contributed by atoms with van der Waals surface area (Å²) in [5.41, 5.74) is 9.62. The number of hydrazone groups is 1. The molecule has 0 spiro atoms. The minimum atomic E-state index is -0.354. The highest BCUT2D eigenvalue weighted by Gasteiger charge is 2.03. The van der Waals surface area contributed by atoms with Gasteiger partial charge in [-0.2, -0.15) is 5.10 Å². The molecule has 0 saturated heterocycles. The Morgan fingerprint density at radius 3 is 2.60 bits per heavy atom. The maximum atomic E-state index is 13.0. The van der Waals surface area contributed by atoms with Crippen LogP contribution < -0.4 is 11.2 Å². The SMILES string of the molecule is Nc1ccc(C(=O)N/N=C/c2ccc(F)c(Br)c2)cc1. The zero-order valence-electron chi connectivity index (χ0n) is 10.3. The lowest BCUT2D eigenvalue weighted by Crippen LogP contribution is -2.17. The molecule has 6 heteroatoms. The number of hydrogen-bond donors (Lipinski definition) is 2. The number of benzene rings is 2. The second-order valence-electron chi connectivity index (χ2n) is 3.99. The Morgan fingerprint density at radius 1 is 1.25 bits per heavy atom. The standard InChI is InChI=1S/C14H11BrFN3O/c15-12-7-9(1-6-13(12)16)8-18-19-14(20)10-2-4-11(17)5-3-10/h1-8H,17H2,(H,19,20)/b18-8+. The van der Waals surface area contributed by atoms with Crippen molar-refractivity contribution in [3.63, 3.8) is 0 Å². The summed E-state index contributed by atoms with van der Waals surface area (Å²) in [6, 6.07) is 10.9. The van der Waals surface area contributed by atoms with E-state index in [-0.39, 0.29) is 11.7 Å². The second-order valence-corrected chi connectivity index (χ2v) is 4.85. The molecular formula is C14H11BrFN3O. The van der Waals surface area contributed by atoms with Gasteiger partial charge in [-0.05, 0) is 57.9 Å². The number of nitrogens with zero attached hydrogens (tertiary/aromatic N) is 1. The van der Waals surface area contributed by atoms with Crippen molar-refractivity contribution in [1.82, 2.24) is 5.43 Å². The number of nitrogens with two attached hydrogens (primary N) is 1. The third-order valence-corrected chi connectivity index (χ3v) is 3.10. The first-order valence-corrected chi connectivity index (χ1v) is 6.49. The highest BCUT2D eigenvalue weighted by atomic mass is 79.9. The molecule has 2 aromatic rings. The Kier molecular flexibility index (Phi) is 4.47. The lowest BCUT2D eigenvalue weighted by atomic mass is 10.2. The van der Waals surface area contributed by atoms with Crippen LogP contribution in [0, 0.1) is 5.82 Å². The zero-order chi connectivity index (χ0) is 14.5. The van der Waals surface area contributed by atoms with E-state index in [1.165, 1.54) is 12.3 Å². The van der Waals surface area contributed by atoms with Gasteiger partial charge in [-0.25, -0.2) is 9.82 Å². The van der Waals surface area contributed by atoms with Crippen LogP contribution in [0.4, 0.5) is 10.1 Å². The molecule has 2 rings (SSSR count). The number of halogens is 2. The van der Waals surface area contributed by atoms with Crippen molar-refractivity contribution in [2.75, 3.05) is 5.73 Å². The molecular weight excluding hydrogens is 325 g/mol. The van der Waals surface area contributed by atoms with Crippen molar-refractivity contribution >= 4 is 33.7 Å². The molecule has 4 nitrogen and oxygen atoms in total. The highest BCUT2D eigenvalue weighted by molar-refractivity contribution is 9.10. The quantitative estimate of drug-likeness (QED) is 0.514. The number of rotatable bonds is 3. The van der Waals surface area contributed by atoms with E-state index < -0.39 is 0 Å². The summed E-state index contributed by atoms with van der Waals surface area (Å²) in [5, 5.41) is 3.81. The van der Waals surface area contributed by atoms with E-state index in [4.69, 9.17) is 5.73 Å². The molecule has 0 radical (unpaired) electrons. The fourth-order valence-electron chi connectivity index (χ4n) is 1.46. The largest absolute Gasteiger partial charge is 0.399 e. The smallest absolute Gasteiger partial charge is 0.271 e. The van der Waals surface area contributed by atoms with E-state index >= 15 is 0 Å². The maximum absolute atomic E-state index is 13.0. The molecule has 0 atom stereocenters. The van der Waals surface area contributed by atoms with E-state index in [0.29, 0.717) is 21.3 Å². The van der Waals surface area contributed by atoms with Crippen LogP contribution in [0.1, 0.15) is 15.9 Å². The fourth-order valence-corrected chi connectivity index (χ4v) is 1.85. The van der Waals surface area contributed by atoms with Gasteiger partial charge in [0.25, 0.3) is 5.91 Å². The molecule has 0 aliphatic heterocycles. The van der Waals surface area contributed by atoms with E-state index in [1.54, 1.807) is 36.4 Å². The number of nitrogen functional groups attached to an aromatic ring is 1. The number of carbonyl (C=O) groups excluding carboxylic acids is 1. The third-order valence-electron chi connectivity index (χ3n) is 2.50.